The Hall–Kier alpha value is -1.85. The van der Waals surface area contributed by atoms with Crippen LogP contribution in [0.1, 0.15) is 10.4 Å². The van der Waals surface area contributed by atoms with E-state index in [1.54, 1.807) is 25.3 Å². The number of halogens is 1. The van der Waals surface area contributed by atoms with E-state index in [0.29, 0.717) is 18.8 Å². The monoisotopic (exact) mass is 349 g/mol. The van der Waals surface area contributed by atoms with Crippen LogP contribution in [0.3, 0.4) is 0 Å². The summed E-state index contributed by atoms with van der Waals surface area (Å²) in [6, 6.07) is 14.5. The van der Waals surface area contributed by atoms with E-state index in [2.05, 4.69) is 21.2 Å². The van der Waals surface area contributed by atoms with E-state index in [9.17, 15) is 4.79 Å². The van der Waals surface area contributed by atoms with E-state index >= 15 is 0 Å². The lowest BCUT2D eigenvalue weighted by Crippen LogP contribution is -2.12. The number of nitrogens with one attached hydrogen (secondary N) is 1. The summed E-state index contributed by atoms with van der Waals surface area (Å²) in [5.74, 6) is 0.585. The summed E-state index contributed by atoms with van der Waals surface area (Å²) in [6.45, 7) is 1.04. The Morgan fingerprint density at radius 2 is 1.81 bits per heavy atom. The molecule has 0 aliphatic rings. The first-order valence-electron chi connectivity index (χ1n) is 6.48. The molecule has 0 aromatic heterocycles. The third kappa shape index (κ3) is 4.58. The van der Waals surface area contributed by atoms with Crippen LogP contribution in [0.15, 0.2) is 53.0 Å². The molecule has 0 atom stereocenters. The van der Waals surface area contributed by atoms with Gasteiger partial charge in [0.2, 0.25) is 0 Å². The van der Waals surface area contributed by atoms with Crippen LogP contribution in [0.25, 0.3) is 0 Å². The topological polar surface area (TPSA) is 47.6 Å². The van der Waals surface area contributed by atoms with Crippen molar-refractivity contribution in [2.75, 3.05) is 25.6 Å². The van der Waals surface area contributed by atoms with Gasteiger partial charge in [-0.1, -0.05) is 12.1 Å². The molecule has 0 radical (unpaired) electrons. The van der Waals surface area contributed by atoms with Gasteiger partial charge in [0, 0.05) is 17.3 Å². The van der Waals surface area contributed by atoms with E-state index < -0.39 is 0 Å². The van der Waals surface area contributed by atoms with Crippen molar-refractivity contribution in [1.82, 2.24) is 0 Å². The van der Waals surface area contributed by atoms with Crippen molar-refractivity contribution in [3.05, 3.63) is 58.6 Å². The molecule has 1 N–H and O–H groups in total. The summed E-state index contributed by atoms with van der Waals surface area (Å²) >= 11 is 3.36. The van der Waals surface area contributed by atoms with E-state index in [0.717, 1.165) is 15.9 Å². The van der Waals surface area contributed by atoms with Gasteiger partial charge in [-0.15, -0.1) is 0 Å². The van der Waals surface area contributed by atoms with Crippen LogP contribution < -0.4 is 10.1 Å². The molecule has 0 aliphatic carbocycles. The average molecular weight is 350 g/mol. The Balaban J connectivity index is 1.97. The van der Waals surface area contributed by atoms with Crippen LogP contribution >= 0.6 is 15.9 Å². The first-order chi connectivity index (χ1) is 10.2. The fraction of sp³-hybridized carbons (Fsp3) is 0.188. The van der Waals surface area contributed by atoms with Crippen LogP contribution in [-0.4, -0.2) is 26.2 Å². The molecule has 5 heteroatoms. The summed E-state index contributed by atoms with van der Waals surface area (Å²) in [6.07, 6.45) is 0. The largest absolute Gasteiger partial charge is 0.491 e. The fourth-order valence-corrected chi connectivity index (χ4v) is 2.19. The van der Waals surface area contributed by atoms with Crippen molar-refractivity contribution in [3.8, 4) is 5.75 Å². The lowest BCUT2D eigenvalue weighted by Gasteiger charge is -2.09. The highest BCUT2D eigenvalue weighted by Crippen LogP contribution is 2.19. The summed E-state index contributed by atoms with van der Waals surface area (Å²) in [4.78, 5) is 12.1. The molecule has 110 valence electrons. The summed E-state index contributed by atoms with van der Waals surface area (Å²) in [7, 11) is 1.63. The van der Waals surface area contributed by atoms with Crippen molar-refractivity contribution >= 4 is 27.5 Å². The van der Waals surface area contributed by atoms with Gasteiger partial charge in [0.25, 0.3) is 5.91 Å². The maximum Gasteiger partial charge on any atom is 0.256 e. The summed E-state index contributed by atoms with van der Waals surface area (Å²) < 4.78 is 11.1. The predicted molar refractivity (Wildman–Crippen MR) is 85.9 cm³/mol. The van der Waals surface area contributed by atoms with E-state index in [-0.39, 0.29) is 5.91 Å². The second-order valence-corrected chi connectivity index (χ2v) is 5.15. The fourth-order valence-electron chi connectivity index (χ4n) is 1.72. The molecule has 21 heavy (non-hydrogen) atoms. The molecule has 2 aromatic rings. The number of ether oxygens (including phenoxy) is 2. The van der Waals surface area contributed by atoms with Gasteiger partial charge in [-0.25, -0.2) is 0 Å². The molecule has 4 nitrogen and oxygen atoms in total. The standard InChI is InChI=1S/C16H16BrNO3/c1-20-10-11-21-13-8-6-12(7-9-13)18-16(19)14-4-2-3-5-15(14)17/h2-9H,10-11H2,1H3,(H,18,19). The van der Waals surface area contributed by atoms with Crippen molar-refractivity contribution < 1.29 is 14.3 Å². The van der Waals surface area contributed by atoms with Gasteiger partial charge >= 0.3 is 0 Å². The van der Waals surface area contributed by atoms with Crippen molar-refractivity contribution in [2.24, 2.45) is 0 Å². The Kier molecular flexibility index (Phi) is 5.78. The van der Waals surface area contributed by atoms with Gasteiger partial charge in [-0.05, 0) is 52.3 Å². The molecule has 2 rings (SSSR count). The van der Waals surface area contributed by atoms with E-state index in [1.165, 1.54) is 0 Å². The highest BCUT2D eigenvalue weighted by molar-refractivity contribution is 9.10. The van der Waals surface area contributed by atoms with Gasteiger partial charge in [0.1, 0.15) is 12.4 Å². The minimum atomic E-state index is -0.157. The van der Waals surface area contributed by atoms with Gasteiger partial charge in [-0.2, -0.15) is 0 Å². The zero-order chi connectivity index (χ0) is 15.1. The van der Waals surface area contributed by atoms with E-state index in [1.807, 2.05) is 30.3 Å². The molecule has 0 spiro atoms. The Bertz CT molecular complexity index is 599. The summed E-state index contributed by atoms with van der Waals surface area (Å²) in [5.41, 5.74) is 1.31. The van der Waals surface area contributed by atoms with Crippen LogP contribution in [0.4, 0.5) is 5.69 Å². The normalized spacial score (nSPS) is 10.2. The number of anilines is 1. The maximum atomic E-state index is 12.1. The molecule has 0 saturated heterocycles. The zero-order valence-corrected chi connectivity index (χ0v) is 13.2. The SMILES string of the molecule is COCCOc1ccc(NC(=O)c2ccccc2Br)cc1. The molecule has 0 fully saturated rings. The van der Waals surface area contributed by atoms with Crippen LogP contribution in [0.2, 0.25) is 0 Å². The van der Waals surface area contributed by atoms with Crippen molar-refractivity contribution in [3.63, 3.8) is 0 Å². The van der Waals surface area contributed by atoms with Gasteiger partial charge in [-0.3, -0.25) is 4.79 Å². The van der Waals surface area contributed by atoms with Crippen LogP contribution in [-0.2, 0) is 4.74 Å². The molecule has 0 aliphatic heterocycles. The smallest absolute Gasteiger partial charge is 0.256 e. The quantitative estimate of drug-likeness (QED) is 0.808. The number of hydrogen-bond acceptors (Lipinski definition) is 3. The molecule has 0 bridgehead atoms. The minimum absolute atomic E-state index is 0.157. The predicted octanol–water partition coefficient (Wildman–Crippen LogP) is 3.73. The van der Waals surface area contributed by atoms with Crippen molar-refractivity contribution in [1.29, 1.82) is 0 Å². The maximum absolute atomic E-state index is 12.1. The average Bonchev–Trinajstić information content (AvgIpc) is 2.49. The second-order valence-electron chi connectivity index (χ2n) is 4.30. The zero-order valence-electron chi connectivity index (χ0n) is 11.6. The number of carbonyl (C=O) groups excluding carboxylic acids is 1. The molecular formula is C16H16BrNO3. The second kappa shape index (κ2) is 7.81. The molecule has 0 heterocycles. The lowest BCUT2D eigenvalue weighted by molar-refractivity contribution is 0.102. The van der Waals surface area contributed by atoms with Gasteiger partial charge < -0.3 is 14.8 Å². The number of methoxy groups -OCH3 is 1. The Morgan fingerprint density at radius 3 is 2.48 bits per heavy atom. The Labute approximate surface area is 132 Å². The third-order valence-corrected chi connectivity index (χ3v) is 3.48. The highest BCUT2D eigenvalue weighted by atomic mass is 79.9. The molecular weight excluding hydrogens is 334 g/mol. The molecule has 0 saturated carbocycles. The first-order valence-corrected chi connectivity index (χ1v) is 7.27. The number of carbonyl (C=O) groups is 1. The lowest BCUT2D eigenvalue weighted by atomic mass is 10.2. The van der Waals surface area contributed by atoms with Crippen LogP contribution in [0, 0.1) is 0 Å². The number of rotatable bonds is 6. The highest BCUT2D eigenvalue weighted by Gasteiger charge is 2.09. The van der Waals surface area contributed by atoms with E-state index in [4.69, 9.17) is 9.47 Å². The van der Waals surface area contributed by atoms with Crippen molar-refractivity contribution in [2.45, 2.75) is 0 Å². The van der Waals surface area contributed by atoms with Gasteiger partial charge in [0.05, 0.1) is 12.2 Å². The first kappa shape index (κ1) is 15.5. The molecule has 0 unspecified atom stereocenters. The number of hydrogen-bond donors (Lipinski definition) is 1. The Morgan fingerprint density at radius 1 is 1.10 bits per heavy atom. The summed E-state index contributed by atoms with van der Waals surface area (Å²) in [5, 5.41) is 2.84. The van der Waals surface area contributed by atoms with Gasteiger partial charge in [0.15, 0.2) is 0 Å². The minimum Gasteiger partial charge on any atom is -0.491 e. The number of amides is 1. The molecule has 2 aromatic carbocycles. The molecule has 1 amide bonds. The number of benzene rings is 2. The van der Waals surface area contributed by atoms with Crippen LogP contribution in [0.5, 0.6) is 5.75 Å². The third-order valence-electron chi connectivity index (χ3n) is 2.79.